The van der Waals surface area contributed by atoms with Crippen molar-refractivity contribution in [3.8, 4) is 5.75 Å². The summed E-state index contributed by atoms with van der Waals surface area (Å²) in [6.45, 7) is 2.29. The number of hydrogen-bond acceptors (Lipinski definition) is 4. The van der Waals surface area contributed by atoms with Gasteiger partial charge in [-0.3, -0.25) is 4.79 Å². The molecule has 3 rings (SSSR count). The van der Waals surface area contributed by atoms with Crippen molar-refractivity contribution in [1.29, 1.82) is 0 Å². The molecular formula is C20H18Cl2N2O2S. The molecule has 0 spiro atoms. The van der Waals surface area contributed by atoms with Crippen molar-refractivity contribution < 1.29 is 9.53 Å². The van der Waals surface area contributed by atoms with Crippen LogP contribution in [0, 0.1) is 0 Å². The molecule has 0 saturated heterocycles. The Morgan fingerprint density at radius 1 is 1.11 bits per heavy atom. The number of carbonyl (C=O) groups is 1. The number of benzene rings is 2. The first-order chi connectivity index (χ1) is 13.0. The summed E-state index contributed by atoms with van der Waals surface area (Å²) in [6.07, 6.45) is 0.232. The zero-order chi connectivity index (χ0) is 19.2. The molecule has 0 aliphatic carbocycles. The molecule has 3 aromatic rings. The number of hydrogen-bond donors (Lipinski definition) is 1. The van der Waals surface area contributed by atoms with Crippen molar-refractivity contribution in [2.24, 2.45) is 0 Å². The lowest BCUT2D eigenvalue weighted by atomic mass is 10.1. The first kappa shape index (κ1) is 19.7. The molecule has 1 atom stereocenters. The Bertz CT molecular complexity index is 895. The minimum atomic E-state index is -0.0962. The summed E-state index contributed by atoms with van der Waals surface area (Å²) >= 11 is 13.2. The standard InChI is InChI=1S/C20H18Cl2N2O2S/c1-13(14-2-4-15(21)5-3-14)23-19(25)10-17-12-27-20(24-17)11-26-18-8-6-16(22)7-9-18/h2-9,12-13H,10-11H2,1H3,(H,23,25). The van der Waals surface area contributed by atoms with Gasteiger partial charge in [-0.15, -0.1) is 11.3 Å². The van der Waals surface area contributed by atoms with Crippen LogP contribution in [-0.4, -0.2) is 10.9 Å². The molecule has 2 aromatic carbocycles. The second-order valence-electron chi connectivity index (χ2n) is 5.99. The van der Waals surface area contributed by atoms with E-state index in [2.05, 4.69) is 10.3 Å². The highest BCUT2D eigenvalue weighted by atomic mass is 35.5. The molecule has 1 heterocycles. The predicted molar refractivity (Wildman–Crippen MR) is 110 cm³/mol. The van der Waals surface area contributed by atoms with Crippen molar-refractivity contribution >= 4 is 40.4 Å². The minimum absolute atomic E-state index is 0.0760. The van der Waals surface area contributed by atoms with Crippen LogP contribution in [0.5, 0.6) is 5.75 Å². The minimum Gasteiger partial charge on any atom is -0.486 e. The van der Waals surface area contributed by atoms with Gasteiger partial charge in [0.2, 0.25) is 5.91 Å². The number of ether oxygens (including phenoxy) is 1. The Labute approximate surface area is 172 Å². The molecule has 1 N–H and O–H groups in total. The summed E-state index contributed by atoms with van der Waals surface area (Å²) in [7, 11) is 0. The van der Waals surface area contributed by atoms with Crippen LogP contribution in [0.4, 0.5) is 0 Å². The molecule has 0 aliphatic heterocycles. The Morgan fingerprint density at radius 2 is 1.74 bits per heavy atom. The first-order valence-electron chi connectivity index (χ1n) is 8.36. The highest BCUT2D eigenvalue weighted by Gasteiger charge is 2.12. The third-order valence-corrected chi connectivity index (χ3v) is 5.24. The lowest BCUT2D eigenvalue weighted by Gasteiger charge is -2.14. The number of halogens is 2. The first-order valence-corrected chi connectivity index (χ1v) is 9.99. The van der Waals surface area contributed by atoms with Crippen LogP contribution >= 0.6 is 34.5 Å². The number of nitrogens with zero attached hydrogens (tertiary/aromatic N) is 1. The van der Waals surface area contributed by atoms with Crippen LogP contribution in [0.1, 0.15) is 29.2 Å². The van der Waals surface area contributed by atoms with Gasteiger partial charge >= 0.3 is 0 Å². The third kappa shape index (κ3) is 5.96. The van der Waals surface area contributed by atoms with Crippen LogP contribution in [0.25, 0.3) is 0 Å². The fourth-order valence-electron chi connectivity index (χ4n) is 2.46. The van der Waals surface area contributed by atoms with Gasteiger partial charge in [-0.2, -0.15) is 0 Å². The third-order valence-electron chi connectivity index (χ3n) is 3.86. The number of aromatic nitrogens is 1. The van der Waals surface area contributed by atoms with Gasteiger partial charge in [-0.05, 0) is 48.9 Å². The monoisotopic (exact) mass is 420 g/mol. The van der Waals surface area contributed by atoms with Gasteiger partial charge in [-0.25, -0.2) is 4.98 Å². The Kier molecular flexibility index (Phi) is 6.72. The van der Waals surface area contributed by atoms with Crippen LogP contribution in [0.15, 0.2) is 53.9 Å². The van der Waals surface area contributed by atoms with E-state index in [1.54, 1.807) is 12.1 Å². The summed E-state index contributed by atoms with van der Waals surface area (Å²) in [5.41, 5.74) is 1.73. The van der Waals surface area contributed by atoms with Crippen molar-refractivity contribution in [1.82, 2.24) is 10.3 Å². The summed E-state index contributed by atoms with van der Waals surface area (Å²) in [6, 6.07) is 14.5. The number of amides is 1. The van der Waals surface area contributed by atoms with Crippen LogP contribution in [-0.2, 0) is 17.8 Å². The summed E-state index contributed by atoms with van der Waals surface area (Å²) in [5.74, 6) is 0.651. The largest absolute Gasteiger partial charge is 0.486 e. The zero-order valence-electron chi connectivity index (χ0n) is 14.6. The highest BCUT2D eigenvalue weighted by Crippen LogP contribution is 2.19. The zero-order valence-corrected chi connectivity index (χ0v) is 16.9. The van der Waals surface area contributed by atoms with E-state index in [0.717, 1.165) is 22.0 Å². The molecule has 0 bridgehead atoms. The van der Waals surface area contributed by atoms with Gasteiger partial charge in [0.05, 0.1) is 18.2 Å². The van der Waals surface area contributed by atoms with E-state index in [0.29, 0.717) is 16.7 Å². The molecular weight excluding hydrogens is 403 g/mol. The van der Waals surface area contributed by atoms with Gasteiger partial charge in [0.1, 0.15) is 17.4 Å². The fourth-order valence-corrected chi connectivity index (χ4v) is 3.42. The average Bonchev–Trinajstić information content (AvgIpc) is 3.09. The maximum absolute atomic E-state index is 12.3. The predicted octanol–water partition coefficient (Wildman–Crippen LogP) is 5.45. The smallest absolute Gasteiger partial charge is 0.226 e. The molecule has 0 aliphatic rings. The maximum atomic E-state index is 12.3. The summed E-state index contributed by atoms with van der Waals surface area (Å²) < 4.78 is 5.68. The maximum Gasteiger partial charge on any atom is 0.226 e. The van der Waals surface area contributed by atoms with Crippen molar-refractivity contribution in [2.75, 3.05) is 0 Å². The van der Waals surface area contributed by atoms with E-state index in [1.807, 2.05) is 48.7 Å². The second-order valence-corrected chi connectivity index (χ2v) is 7.81. The SMILES string of the molecule is CC(NC(=O)Cc1csc(COc2ccc(Cl)cc2)n1)c1ccc(Cl)cc1. The summed E-state index contributed by atoms with van der Waals surface area (Å²) in [4.78, 5) is 16.7. The molecule has 4 nitrogen and oxygen atoms in total. The lowest BCUT2D eigenvalue weighted by Crippen LogP contribution is -2.28. The van der Waals surface area contributed by atoms with Gasteiger partial charge in [-0.1, -0.05) is 35.3 Å². The Hall–Kier alpha value is -2.08. The Balaban J connectivity index is 1.50. The highest BCUT2D eigenvalue weighted by molar-refractivity contribution is 7.09. The van der Waals surface area contributed by atoms with E-state index in [-0.39, 0.29) is 18.4 Å². The molecule has 27 heavy (non-hydrogen) atoms. The molecule has 1 aromatic heterocycles. The number of thiazole rings is 1. The quantitative estimate of drug-likeness (QED) is 0.552. The second kappa shape index (κ2) is 9.22. The van der Waals surface area contributed by atoms with Crippen molar-refractivity contribution in [2.45, 2.75) is 26.0 Å². The molecule has 0 saturated carbocycles. The van der Waals surface area contributed by atoms with Gasteiger partial charge in [0.15, 0.2) is 0 Å². The topological polar surface area (TPSA) is 51.2 Å². The van der Waals surface area contributed by atoms with Crippen molar-refractivity contribution in [3.05, 3.63) is 80.2 Å². The number of rotatable bonds is 7. The molecule has 0 fully saturated rings. The van der Waals surface area contributed by atoms with E-state index < -0.39 is 0 Å². The lowest BCUT2D eigenvalue weighted by molar-refractivity contribution is -0.121. The average molecular weight is 421 g/mol. The van der Waals surface area contributed by atoms with Crippen LogP contribution < -0.4 is 10.1 Å². The molecule has 140 valence electrons. The normalized spacial score (nSPS) is 11.8. The summed E-state index contributed by atoms with van der Waals surface area (Å²) in [5, 5.41) is 7.01. The fraction of sp³-hybridized carbons (Fsp3) is 0.200. The van der Waals surface area contributed by atoms with E-state index in [1.165, 1.54) is 11.3 Å². The van der Waals surface area contributed by atoms with Crippen molar-refractivity contribution in [3.63, 3.8) is 0 Å². The molecule has 7 heteroatoms. The van der Waals surface area contributed by atoms with Gasteiger partial charge in [0.25, 0.3) is 0 Å². The number of nitrogens with one attached hydrogen (secondary N) is 1. The number of carbonyl (C=O) groups excluding carboxylic acids is 1. The van der Waals surface area contributed by atoms with E-state index in [9.17, 15) is 4.79 Å². The molecule has 1 amide bonds. The van der Waals surface area contributed by atoms with Gasteiger partial charge < -0.3 is 10.1 Å². The molecule has 0 radical (unpaired) electrons. The molecule has 1 unspecified atom stereocenters. The van der Waals surface area contributed by atoms with E-state index in [4.69, 9.17) is 27.9 Å². The van der Waals surface area contributed by atoms with Crippen LogP contribution in [0.2, 0.25) is 10.0 Å². The van der Waals surface area contributed by atoms with E-state index >= 15 is 0 Å². The van der Waals surface area contributed by atoms with Crippen LogP contribution in [0.3, 0.4) is 0 Å². The van der Waals surface area contributed by atoms with Gasteiger partial charge in [0, 0.05) is 15.4 Å². The Morgan fingerprint density at radius 3 is 2.41 bits per heavy atom.